The molecule has 2 aromatic heterocycles. The van der Waals surface area contributed by atoms with Crippen LogP contribution in [0.1, 0.15) is 32.3 Å². The van der Waals surface area contributed by atoms with Crippen LogP contribution in [0.5, 0.6) is 11.5 Å². The highest BCUT2D eigenvalue weighted by Crippen LogP contribution is 2.32. The van der Waals surface area contributed by atoms with Crippen molar-refractivity contribution in [1.82, 2.24) is 29.7 Å². The first-order chi connectivity index (χ1) is 18.5. The summed E-state index contributed by atoms with van der Waals surface area (Å²) in [4.78, 5) is 43.0. The molecule has 200 valence electrons. The number of piperazine rings is 1. The van der Waals surface area contributed by atoms with Crippen molar-refractivity contribution in [3.63, 3.8) is 0 Å². The van der Waals surface area contributed by atoms with Crippen molar-refractivity contribution in [2.45, 2.75) is 39.2 Å². The summed E-state index contributed by atoms with van der Waals surface area (Å²) >= 11 is 0. The third-order valence-corrected chi connectivity index (χ3v) is 6.67. The van der Waals surface area contributed by atoms with Crippen LogP contribution < -0.4 is 19.7 Å². The second-order valence-corrected chi connectivity index (χ2v) is 9.96. The van der Waals surface area contributed by atoms with E-state index < -0.39 is 0 Å². The Labute approximate surface area is 221 Å². The van der Waals surface area contributed by atoms with Gasteiger partial charge in [-0.05, 0) is 36.1 Å². The summed E-state index contributed by atoms with van der Waals surface area (Å²) in [6, 6.07) is 7.45. The van der Waals surface area contributed by atoms with Gasteiger partial charge in [-0.1, -0.05) is 19.9 Å². The van der Waals surface area contributed by atoms with Crippen molar-refractivity contribution in [3.8, 4) is 17.4 Å². The topological polar surface area (TPSA) is 115 Å². The van der Waals surface area contributed by atoms with Gasteiger partial charge < -0.3 is 24.6 Å². The molecule has 0 aliphatic carbocycles. The molecule has 1 atom stereocenters. The lowest BCUT2D eigenvalue weighted by Crippen LogP contribution is -2.56. The molecule has 1 saturated heterocycles. The number of benzene rings is 1. The van der Waals surface area contributed by atoms with Gasteiger partial charge in [0.15, 0.2) is 11.5 Å². The number of hydrogen-bond acceptors (Lipinski definition) is 8. The maximum Gasteiger partial charge on any atom is 0.236 e. The average Bonchev–Trinajstić information content (AvgIpc) is 3.61. The fourth-order valence-electron chi connectivity index (χ4n) is 4.77. The largest absolute Gasteiger partial charge is 0.454 e. The van der Waals surface area contributed by atoms with Gasteiger partial charge in [0.1, 0.15) is 12.1 Å². The number of nitrogens with zero attached hydrogens (tertiary/aromatic N) is 6. The zero-order chi connectivity index (χ0) is 26.5. The lowest BCUT2D eigenvalue weighted by atomic mass is 10.0. The van der Waals surface area contributed by atoms with E-state index in [2.05, 4.69) is 20.2 Å². The van der Waals surface area contributed by atoms with E-state index in [1.165, 1.54) is 0 Å². The summed E-state index contributed by atoms with van der Waals surface area (Å²) in [5.74, 6) is 3.03. The van der Waals surface area contributed by atoms with Crippen molar-refractivity contribution in [3.05, 3.63) is 54.7 Å². The minimum absolute atomic E-state index is 0.0669. The molecule has 0 bridgehead atoms. The van der Waals surface area contributed by atoms with Gasteiger partial charge in [-0.2, -0.15) is 4.98 Å². The molecule has 1 fully saturated rings. The average molecular weight is 520 g/mol. The molecule has 1 aromatic carbocycles. The van der Waals surface area contributed by atoms with E-state index in [4.69, 9.17) is 14.5 Å². The first-order valence-corrected chi connectivity index (χ1v) is 13.0. The Hall–Kier alpha value is -4.15. The zero-order valence-electron chi connectivity index (χ0n) is 21.7. The Morgan fingerprint density at radius 2 is 2.00 bits per heavy atom. The van der Waals surface area contributed by atoms with Crippen LogP contribution in [-0.2, 0) is 16.0 Å². The summed E-state index contributed by atoms with van der Waals surface area (Å²) < 4.78 is 12.5. The van der Waals surface area contributed by atoms with Crippen LogP contribution in [0.3, 0.4) is 0 Å². The molecule has 1 unspecified atom stereocenters. The molecule has 38 heavy (non-hydrogen) atoms. The summed E-state index contributed by atoms with van der Waals surface area (Å²) in [6.45, 7) is 6.44. The number of nitrogens with one attached hydrogen (secondary N) is 1. The number of carbonyl (C=O) groups is 2. The SMILES string of the molecule is CC(C)CC(=O)N1CCN(c2ccnc(-n3ccnc3)n2)C(CC(=O)NCCc2ccc3c(c2)OCO3)C1. The molecule has 4 heterocycles. The lowest BCUT2D eigenvalue weighted by molar-refractivity contribution is -0.133. The standard InChI is InChI=1S/C27H33N7O4/c1-19(2)13-26(36)32-11-12-34(24-6-8-30-27(31-24)33-10-9-28-17-33)21(16-32)15-25(35)29-7-5-20-3-4-22-23(14-20)38-18-37-22/h3-4,6,8-10,14,17,19,21H,5,7,11-13,15-16,18H2,1-2H3,(H,29,35). The van der Waals surface area contributed by atoms with Gasteiger partial charge in [-0.3, -0.25) is 14.2 Å². The normalized spacial score (nSPS) is 16.7. The van der Waals surface area contributed by atoms with Crippen LogP contribution in [0, 0.1) is 5.92 Å². The molecule has 5 rings (SSSR count). The van der Waals surface area contributed by atoms with E-state index in [-0.39, 0.29) is 37.0 Å². The van der Waals surface area contributed by atoms with Crippen molar-refractivity contribution < 1.29 is 19.1 Å². The number of anilines is 1. The molecule has 11 nitrogen and oxygen atoms in total. The number of imidazole rings is 1. The Kier molecular flexibility index (Phi) is 7.71. The smallest absolute Gasteiger partial charge is 0.236 e. The number of ether oxygens (including phenoxy) is 2. The fourth-order valence-corrected chi connectivity index (χ4v) is 4.77. The Morgan fingerprint density at radius 3 is 2.82 bits per heavy atom. The Bertz CT molecular complexity index is 1260. The van der Waals surface area contributed by atoms with Gasteiger partial charge in [-0.15, -0.1) is 0 Å². The minimum atomic E-state index is -0.212. The highest BCUT2D eigenvalue weighted by Gasteiger charge is 2.32. The summed E-state index contributed by atoms with van der Waals surface area (Å²) in [7, 11) is 0. The predicted molar refractivity (Wildman–Crippen MR) is 140 cm³/mol. The van der Waals surface area contributed by atoms with E-state index in [0.717, 1.165) is 22.9 Å². The maximum atomic E-state index is 13.0. The number of hydrogen-bond donors (Lipinski definition) is 1. The van der Waals surface area contributed by atoms with Crippen molar-refractivity contribution in [2.75, 3.05) is 37.9 Å². The highest BCUT2D eigenvalue weighted by molar-refractivity contribution is 5.79. The number of fused-ring (bicyclic) bond motifs is 1. The maximum absolute atomic E-state index is 13.0. The van der Waals surface area contributed by atoms with E-state index in [1.54, 1.807) is 29.5 Å². The van der Waals surface area contributed by atoms with Crippen LogP contribution in [0.25, 0.3) is 5.95 Å². The van der Waals surface area contributed by atoms with Gasteiger partial charge in [0.05, 0.1) is 6.04 Å². The third kappa shape index (κ3) is 6.04. The number of carbonyl (C=O) groups excluding carboxylic acids is 2. The molecule has 2 aliphatic rings. The van der Waals surface area contributed by atoms with Gasteiger partial charge in [-0.25, -0.2) is 9.97 Å². The molecular weight excluding hydrogens is 486 g/mol. The first-order valence-electron chi connectivity index (χ1n) is 13.0. The first kappa shape index (κ1) is 25.5. The van der Waals surface area contributed by atoms with Crippen molar-refractivity contribution >= 4 is 17.6 Å². The molecule has 1 N–H and O–H groups in total. The molecule has 2 amide bonds. The van der Waals surface area contributed by atoms with Crippen LogP contribution in [-0.4, -0.2) is 75.2 Å². The third-order valence-electron chi connectivity index (χ3n) is 6.67. The van der Waals surface area contributed by atoms with Gasteiger partial charge in [0.2, 0.25) is 24.6 Å². The van der Waals surface area contributed by atoms with E-state index in [9.17, 15) is 9.59 Å². The number of rotatable bonds is 9. The summed E-state index contributed by atoms with van der Waals surface area (Å²) in [5, 5.41) is 3.04. The second kappa shape index (κ2) is 11.5. The molecule has 0 saturated carbocycles. The fraction of sp³-hybridized carbons (Fsp3) is 0.444. The number of aromatic nitrogens is 4. The lowest BCUT2D eigenvalue weighted by Gasteiger charge is -2.42. The van der Waals surface area contributed by atoms with Gasteiger partial charge in [0, 0.05) is 57.6 Å². The molecule has 11 heteroatoms. The van der Waals surface area contributed by atoms with Crippen LogP contribution in [0.4, 0.5) is 5.82 Å². The molecule has 0 radical (unpaired) electrons. The van der Waals surface area contributed by atoms with E-state index in [1.807, 2.05) is 43.0 Å². The van der Waals surface area contributed by atoms with E-state index >= 15 is 0 Å². The number of amides is 2. The van der Waals surface area contributed by atoms with Crippen molar-refractivity contribution in [1.29, 1.82) is 0 Å². The molecule has 3 aromatic rings. The monoisotopic (exact) mass is 519 g/mol. The quantitative estimate of drug-likeness (QED) is 0.458. The second-order valence-electron chi connectivity index (χ2n) is 9.96. The molecule has 0 spiro atoms. The summed E-state index contributed by atoms with van der Waals surface area (Å²) in [5.41, 5.74) is 1.06. The van der Waals surface area contributed by atoms with Crippen molar-refractivity contribution in [2.24, 2.45) is 5.92 Å². The minimum Gasteiger partial charge on any atom is -0.454 e. The molecular formula is C27H33N7O4. The molecule has 2 aliphatic heterocycles. The highest BCUT2D eigenvalue weighted by atomic mass is 16.7. The van der Waals surface area contributed by atoms with Gasteiger partial charge >= 0.3 is 0 Å². The Morgan fingerprint density at radius 1 is 1.13 bits per heavy atom. The van der Waals surface area contributed by atoms with Gasteiger partial charge in [0.25, 0.3) is 0 Å². The predicted octanol–water partition coefficient (Wildman–Crippen LogP) is 2.20. The van der Waals surface area contributed by atoms with Crippen LogP contribution >= 0.6 is 0 Å². The van der Waals surface area contributed by atoms with Crippen LogP contribution in [0.15, 0.2) is 49.2 Å². The van der Waals surface area contributed by atoms with Crippen LogP contribution in [0.2, 0.25) is 0 Å². The Balaban J connectivity index is 1.25. The van der Waals surface area contributed by atoms with E-state index in [0.29, 0.717) is 45.0 Å². The summed E-state index contributed by atoms with van der Waals surface area (Å²) in [6.07, 6.45) is 8.22. The zero-order valence-corrected chi connectivity index (χ0v) is 21.7.